The summed E-state index contributed by atoms with van der Waals surface area (Å²) in [5.41, 5.74) is 4.11. The number of aryl methyl sites for hydroxylation is 2. The zero-order valence-electron chi connectivity index (χ0n) is 14.1. The summed E-state index contributed by atoms with van der Waals surface area (Å²) in [4.78, 5) is 17.4. The Morgan fingerprint density at radius 2 is 2.09 bits per heavy atom. The van der Waals surface area contributed by atoms with Crippen molar-refractivity contribution < 1.29 is 4.79 Å². The summed E-state index contributed by atoms with van der Waals surface area (Å²) in [6.07, 6.45) is 4.73. The Hall–Kier alpha value is -2.16. The molecule has 0 aliphatic heterocycles. The lowest BCUT2D eigenvalue weighted by Crippen LogP contribution is -2.44. The molecule has 1 N–H and O–H groups in total. The fraction of sp³-hybridized carbons (Fsp3) is 0.400. The normalized spacial score (nSPS) is 17.4. The Balaban J connectivity index is 1.82. The standard InChI is InChI=1S/C20H24N2O/c1-14-7-4-10-16(13-14)20(2,3)22-19(23)17-11-5-8-15-9-6-12-21-18(15)17/h4,6-7,9-10,12-13,17H,5,8,11H2,1-3H3,(H,22,23). The average Bonchev–Trinajstić information content (AvgIpc) is 2.54. The summed E-state index contributed by atoms with van der Waals surface area (Å²) < 4.78 is 0. The lowest BCUT2D eigenvalue weighted by atomic mass is 9.84. The number of nitrogens with one attached hydrogen (secondary N) is 1. The third kappa shape index (κ3) is 3.29. The van der Waals surface area contributed by atoms with Gasteiger partial charge in [0.2, 0.25) is 5.91 Å². The van der Waals surface area contributed by atoms with Crippen LogP contribution in [-0.2, 0) is 16.8 Å². The zero-order chi connectivity index (χ0) is 16.4. The van der Waals surface area contributed by atoms with Gasteiger partial charge in [-0.2, -0.15) is 0 Å². The lowest BCUT2D eigenvalue weighted by molar-refractivity contribution is -0.124. The van der Waals surface area contributed by atoms with Crippen molar-refractivity contribution in [1.29, 1.82) is 0 Å². The molecule has 3 rings (SSSR count). The van der Waals surface area contributed by atoms with Gasteiger partial charge < -0.3 is 5.32 Å². The molecule has 0 bridgehead atoms. The molecule has 1 unspecified atom stereocenters. The molecule has 1 amide bonds. The molecule has 0 spiro atoms. The van der Waals surface area contributed by atoms with Crippen molar-refractivity contribution in [2.45, 2.75) is 51.5 Å². The number of carbonyl (C=O) groups excluding carboxylic acids is 1. The van der Waals surface area contributed by atoms with Crippen LogP contribution in [0.25, 0.3) is 0 Å². The molecule has 1 aliphatic rings. The van der Waals surface area contributed by atoms with Gasteiger partial charge in [-0.05, 0) is 57.2 Å². The number of benzene rings is 1. The molecule has 0 saturated heterocycles. The van der Waals surface area contributed by atoms with E-state index in [-0.39, 0.29) is 11.8 Å². The smallest absolute Gasteiger partial charge is 0.229 e. The van der Waals surface area contributed by atoms with Crippen LogP contribution in [0.5, 0.6) is 0 Å². The minimum absolute atomic E-state index is 0.0798. The second kappa shape index (κ2) is 6.15. The zero-order valence-corrected chi connectivity index (χ0v) is 14.1. The van der Waals surface area contributed by atoms with Crippen molar-refractivity contribution in [2.75, 3.05) is 0 Å². The van der Waals surface area contributed by atoms with Crippen molar-refractivity contribution in [3.63, 3.8) is 0 Å². The number of nitrogens with zero attached hydrogens (tertiary/aromatic N) is 1. The molecule has 1 atom stereocenters. The first-order valence-corrected chi connectivity index (χ1v) is 8.30. The topological polar surface area (TPSA) is 42.0 Å². The summed E-state index contributed by atoms with van der Waals surface area (Å²) in [7, 11) is 0. The van der Waals surface area contributed by atoms with E-state index in [1.807, 2.05) is 12.1 Å². The quantitative estimate of drug-likeness (QED) is 0.935. The third-order valence-electron chi connectivity index (χ3n) is 4.69. The highest BCUT2D eigenvalue weighted by molar-refractivity contribution is 5.84. The van der Waals surface area contributed by atoms with E-state index in [0.717, 1.165) is 30.5 Å². The molecule has 0 radical (unpaired) electrons. The highest BCUT2D eigenvalue weighted by Crippen LogP contribution is 2.31. The number of hydrogen-bond donors (Lipinski definition) is 1. The number of aromatic nitrogens is 1. The van der Waals surface area contributed by atoms with Gasteiger partial charge in [-0.3, -0.25) is 9.78 Å². The summed E-state index contributed by atoms with van der Waals surface area (Å²) in [5, 5.41) is 3.23. The van der Waals surface area contributed by atoms with Gasteiger partial charge in [-0.25, -0.2) is 0 Å². The number of pyridine rings is 1. The highest BCUT2D eigenvalue weighted by Gasteiger charge is 2.31. The number of fused-ring (bicyclic) bond motifs is 1. The van der Waals surface area contributed by atoms with E-state index in [0.29, 0.717) is 0 Å². The van der Waals surface area contributed by atoms with Crippen LogP contribution in [0.15, 0.2) is 42.6 Å². The monoisotopic (exact) mass is 308 g/mol. The van der Waals surface area contributed by atoms with E-state index in [1.165, 1.54) is 11.1 Å². The van der Waals surface area contributed by atoms with Gasteiger partial charge in [0.1, 0.15) is 0 Å². The molecule has 1 aromatic heterocycles. The molecule has 23 heavy (non-hydrogen) atoms. The number of amides is 1. The minimum Gasteiger partial charge on any atom is -0.347 e. The lowest BCUT2D eigenvalue weighted by Gasteiger charge is -2.31. The van der Waals surface area contributed by atoms with Crippen LogP contribution in [-0.4, -0.2) is 10.9 Å². The van der Waals surface area contributed by atoms with Gasteiger partial charge in [0.25, 0.3) is 0 Å². The molecule has 0 saturated carbocycles. The van der Waals surface area contributed by atoms with Crippen molar-refractivity contribution in [2.24, 2.45) is 0 Å². The predicted octanol–water partition coefficient (Wildman–Crippen LogP) is 3.86. The first kappa shape index (κ1) is 15.7. The molecule has 1 heterocycles. The SMILES string of the molecule is Cc1cccc(C(C)(C)NC(=O)C2CCCc3cccnc32)c1. The van der Waals surface area contributed by atoms with E-state index in [4.69, 9.17) is 0 Å². The van der Waals surface area contributed by atoms with Crippen LogP contribution in [0.2, 0.25) is 0 Å². The second-order valence-corrected chi connectivity index (χ2v) is 6.98. The Morgan fingerprint density at radius 1 is 1.26 bits per heavy atom. The molecular weight excluding hydrogens is 284 g/mol. The van der Waals surface area contributed by atoms with Crippen molar-refractivity contribution in [1.82, 2.24) is 10.3 Å². The second-order valence-electron chi connectivity index (χ2n) is 6.98. The van der Waals surface area contributed by atoms with E-state index in [2.05, 4.69) is 55.3 Å². The summed E-state index contributed by atoms with van der Waals surface area (Å²) >= 11 is 0. The van der Waals surface area contributed by atoms with Crippen LogP contribution in [0.1, 0.15) is 55.0 Å². The fourth-order valence-electron chi connectivity index (χ4n) is 3.37. The van der Waals surface area contributed by atoms with Crippen LogP contribution in [0, 0.1) is 6.92 Å². The predicted molar refractivity (Wildman–Crippen MR) is 92.3 cm³/mol. The summed E-state index contributed by atoms with van der Waals surface area (Å²) in [6, 6.07) is 12.4. The van der Waals surface area contributed by atoms with E-state index in [9.17, 15) is 4.79 Å². The van der Waals surface area contributed by atoms with Crippen LogP contribution in [0.4, 0.5) is 0 Å². The molecular formula is C20H24N2O. The van der Waals surface area contributed by atoms with Gasteiger partial charge in [0.05, 0.1) is 17.2 Å². The molecule has 1 aliphatic carbocycles. The van der Waals surface area contributed by atoms with E-state index >= 15 is 0 Å². The fourth-order valence-corrected chi connectivity index (χ4v) is 3.37. The van der Waals surface area contributed by atoms with Crippen LogP contribution < -0.4 is 5.32 Å². The van der Waals surface area contributed by atoms with Gasteiger partial charge in [0.15, 0.2) is 0 Å². The Labute approximate surface area is 138 Å². The van der Waals surface area contributed by atoms with Gasteiger partial charge in [-0.15, -0.1) is 0 Å². The molecule has 0 fully saturated rings. The van der Waals surface area contributed by atoms with E-state index in [1.54, 1.807) is 6.20 Å². The largest absolute Gasteiger partial charge is 0.347 e. The molecule has 3 nitrogen and oxygen atoms in total. The first-order valence-electron chi connectivity index (χ1n) is 8.30. The number of rotatable bonds is 3. The van der Waals surface area contributed by atoms with E-state index < -0.39 is 5.54 Å². The number of carbonyl (C=O) groups is 1. The van der Waals surface area contributed by atoms with Crippen molar-refractivity contribution >= 4 is 5.91 Å². The Morgan fingerprint density at radius 3 is 2.87 bits per heavy atom. The van der Waals surface area contributed by atoms with Crippen LogP contribution in [0.3, 0.4) is 0 Å². The molecule has 120 valence electrons. The maximum absolute atomic E-state index is 12.9. The third-order valence-corrected chi connectivity index (χ3v) is 4.69. The Bertz CT molecular complexity index is 721. The maximum atomic E-state index is 12.9. The summed E-state index contributed by atoms with van der Waals surface area (Å²) in [6.45, 7) is 6.19. The van der Waals surface area contributed by atoms with Gasteiger partial charge in [-0.1, -0.05) is 35.9 Å². The van der Waals surface area contributed by atoms with Gasteiger partial charge >= 0.3 is 0 Å². The summed E-state index contributed by atoms with van der Waals surface area (Å²) in [5.74, 6) is -0.0554. The first-order chi connectivity index (χ1) is 11.0. The molecule has 1 aromatic carbocycles. The van der Waals surface area contributed by atoms with Crippen LogP contribution >= 0.6 is 0 Å². The minimum atomic E-state index is -0.393. The van der Waals surface area contributed by atoms with Crippen molar-refractivity contribution in [3.8, 4) is 0 Å². The number of hydrogen-bond acceptors (Lipinski definition) is 2. The molecule has 3 heteroatoms. The average molecular weight is 308 g/mol. The van der Waals surface area contributed by atoms with Crippen molar-refractivity contribution in [3.05, 3.63) is 65.0 Å². The maximum Gasteiger partial charge on any atom is 0.229 e. The highest BCUT2D eigenvalue weighted by atomic mass is 16.2. The Kier molecular flexibility index (Phi) is 4.20. The molecule has 2 aromatic rings. The van der Waals surface area contributed by atoms with Gasteiger partial charge in [0, 0.05) is 6.20 Å².